The lowest BCUT2D eigenvalue weighted by atomic mass is 10.7. The first-order valence-corrected chi connectivity index (χ1v) is 6.71. The Hall–Kier alpha value is -0.263. The van der Waals surface area contributed by atoms with Gasteiger partial charge in [-0.15, -0.1) is 5.54 Å². The second-order valence-electron chi connectivity index (χ2n) is 3.08. The van der Waals surface area contributed by atoms with Crippen LogP contribution >= 0.6 is 0 Å². The molecule has 0 spiro atoms. The largest absolute Gasteiger partial charge is 0.309 e. The van der Waals surface area contributed by atoms with Gasteiger partial charge >= 0.3 is 0 Å². The average Bonchev–Trinajstić information content (AvgIpc) is 1.63. The summed E-state index contributed by atoms with van der Waals surface area (Å²) in [6.45, 7) is 7.56. The zero-order valence-corrected chi connectivity index (χ0v) is 7.71. The van der Waals surface area contributed by atoms with Gasteiger partial charge in [-0.2, -0.15) is 0 Å². The fourth-order valence-electron chi connectivity index (χ4n) is 0.398. The van der Waals surface area contributed by atoms with Gasteiger partial charge in [0.2, 0.25) is 0 Å². The van der Waals surface area contributed by atoms with Crippen LogP contribution in [0.4, 0.5) is 0 Å². The lowest BCUT2D eigenvalue weighted by Crippen LogP contribution is -2.17. The van der Waals surface area contributed by atoms with Crippen molar-refractivity contribution in [1.29, 1.82) is 0 Å². The molecule has 1 N–H and O–H groups in total. The van der Waals surface area contributed by atoms with Crippen molar-refractivity contribution < 1.29 is 0 Å². The highest BCUT2D eigenvalue weighted by molar-refractivity contribution is 6.83. The molecule has 0 aliphatic rings. The molecule has 2 heteroatoms. The van der Waals surface area contributed by atoms with Gasteiger partial charge in [0.1, 0.15) is 8.07 Å². The van der Waals surface area contributed by atoms with Crippen molar-refractivity contribution in [2.75, 3.05) is 13.6 Å². The van der Waals surface area contributed by atoms with Crippen LogP contribution in [0.3, 0.4) is 0 Å². The topological polar surface area (TPSA) is 12.0 Å². The van der Waals surface area contributed by atoms with E-state index in [0.717, 1.165) is 6.54 Å². The third-order valence-electron chi connectivity index (χ3n) is 0.729. The van der Waals surface area contributed by atoms with Crippen LogP contribution in [0.5, 0.6) is 0 Å². The van der Waals surface area contributed by atoms with Gasteiger partial charge in [-0.05, 0) is 7.05 Å². The maximum atomic E-state index is 3.25. The monoisotopic (exact) mass is 141 g/mol. The SMILES string of the molecule is CNCC#C[Si](C)(C)C. The Morgan fingerprint density at radius 3 is 2.22 bits per heavy atom. The maximum absolute atomic E-state index is 3.25. The molecule has 0 aromatic carbocycles. The van der Waals surface area contributed by atoms with E-state index in [2.05, 4.69) is 36.4 Å². The summed E-state index contributed by atoms with van der Waals surface area (Å²) in [5.74, 6) is 3.08. The summed E-state index contributed by atoms with van der Waals surface area (Å²) in [7, 11) is 0.820. The summed E-state index contributed by atoms with van der Waals surface area (Å²) in [6.07, 6.45) is 0. The molecule has 0 fully saturated rings. The van der Waals surface area contributed by atoms with Crippen molar-refractivity contribution in [3.63, 3.8) is 0 Å². The fraction of sp³-hybridized carbons (Fsp3) is 0.714. The molecule has 0 aromatic rings. The van der Waals surface area contributed by atoms with Crippen molar-refractivity contribution in [2.45, 2.75) is 19.6 Å². The van der Waals surface area contributed by atoms with Crippen molar-refractivity contribution in [3.05, 3.63) is 0 Å². The quantitative estimate of drug-likeness (QED) is 0.426. The van der Waals surface area contributed by atoms with Crippen LogP contribution in [0, 0.1) is 11.5 Å². The van der Waals surface area contributed by atoms with Gasteiger partial charge in [-0.1, -0.05) is 25.6 Å². The molecular formula is C7H15NSi. The lowest BCUT2D eigenvalue weighted by molar-refractivity contribution is 0.938. The molecular weight excluding hydrogens is 126 g/mol. The molecule has 0 aliphatic heterocycles. The lowest BCUT2D eigenvalue weighted by Gasteiger charge is -2.02. The summed E-state index contributed by atoms with van der Waals surface area (Å²) in [6, 6.07) is 0. The van der Waals surface area contributed by atoms with E-state index in [-0.39, 0.29) is 0 Å². The Bertz CT molecular complexity index is 124. The third kappa shape index (κ3) is 7.74. The predicted molar refractivity (Wildman–Crippen MR) is 45.0 cm³/mol. The molecule has 1 nitrogen and oxygen atoms in total. The highest BCUT2D eigenvalue weighted by atomic mass is 28.3. The van der Waals surface area contributed by atoms with Gasteiger partial charge in [-0.3, -0.25) is 0 Å². The van der Waals surface area contributed by atoms with E-state index in [1.165, 1.54) is 0 Å². The molecule has 0 amide bonds. The molecule has 0 atom stereocenters. The van der Waals surface area contributed by atoms with E-state index in [9.17, 15) is 0 Å². The van der Waals surface area contributed by atoms with Gasteiger partial charge in [0, 0.05) is 0 Å². The van der Waals surface area contributed by atoms with E-state index in [0.29, 0.717) is 0 Å². The molecule has 0 radical (unpaired) electrons. The van der Waals surface area contributed by atoms with Crippen molar-refractivity contribution >= 4 is 8.07 Å². The van der Waals surface area contributed by atoms with Crippen molar-refractivity contribution in [2.24, 2.45) is 0 Å². The van der Waals surface area contributed by atoms with E-state index in [1.54, 1.807) is 0 Å². The van der Waals surface area contributed by atoms with Crippen LogP contribution in [-0.4, -0.2) is 21.7 Å². The average molecular weight is 141 g/mol. The maximum Gasteiger partial charge on any atom is 0.129 e. The highest BCUT2D eigenvalue weighted by Crippen LogP contribution is 1.95. The summed E-state index contributed by atoms with van der Waals surface area (Å²) in [5.41, 5.74) is 3.25. The van der Waals surface area contributed by atoms with Gasteiger partial charge in [-0.25, -0.2) is 0 Å². The van der Waals surface area contributed by atoms with Crippen LogP contribution in [0.25, 0.3) is 0 Å². The van der Waals surface area contributed by atoms with Crippen LogP contribution in [0.2, 0.25) is 19.6 Å². The Kier molecular flexibility index (Phi) is 3.60. The summed E-state index contributed by atoms with van der Waals surface area (Å²) >= 11 is 0. The molecule has 0 saturated carbocycles. The highest BCUT2D eigenvalue weighted by Gasteiger charge is 2.06. The molecule has 52 valence electrons. The van der Waals surface area contributed by atoms with Gasteiger partial charge in [0.15, 0.2) is 0 Å². The second-order valence-corrected chi connectivity index (χ2v) is 7.83. The molecule has 0 saturated heterocycles. The Labute approximate surface area is 58.9 Å². The number of nitrogens with one attached hydrogen (secondary N) is 1. The number of hydrogen-bond donors (Lipinski definition) is 1. The van der Waals surface area contributed by atoms with Gasteiger partial charge in [0.05, 0.1) is 6.54 Å². The van der Waals surface area contributed by atoms with Crippen molar-refractivity contribution in [1.82, 2.24) is 5.32 Å². The predicted octanol–water partition coefficient (Wildman–Crippen LogP) is 1.09. The summed E-state index contributed by atoms with van der Waals surface area (Å²) in [4.78, 5) is 0. The van der Waals surface area contributed by atoms with Gasteiger partial charge < -0.3 is 5.32 Å². The minimum atomic E-state index is -1.10. The smallest absolute Gasteiger partial charge is 0.129 e. The number of rotatable bonds is 1. The van der Waals surface area contributed by atoms with Crippen LogP contribution in [-0.2, 0) is 0 Å². The van der Waals surface area contributed by atoms with Crippen LogP contribution in [0.1, 0.15) is 0 Å². The Morgan fingerprint density at radius 1 is 1.33 bits per heavy atom. The van der Waals surface area contributed by atoms with E-state index in [4.69, 9.17) is 0 Å². The van der Waals surface area contributed by atoms with Gasteiger partial charge in [0.25, 0.3) is 0 Å². The first-order chi connectivity index (χ1) is 4.06. The molecule has 0 unspecified atom stereocenters. The Balaban J connectivity index is 3.59. The molecule has 0 aliphatic carbocycles. The molecule has 0 aromatic heterocycles. The normalized spacial score (nSPS) is 10.2. The van der Waals surface area contributed by atoms with Crippen LogP contribution in [0.15, 0.2) is 0 Å². The minimum Gasteiger partial charge on any atom is -0.309 e. The van der Waals surface area contributed by atoms with E-state index < -0.39 is 8.07 Å². The van der Waals surface area contributed by atoms with Crippen molar-refractivity contribution in [3.8, 4) is 11.5 Å². The molecule has 0 heterocycles. The molecule has 9 heavy (non-hydrogen) atoms. The molecule has 0 rings (SSSR count). The Morgan fingerprint density at radius 2 is 1.89 bits per heavy atom. The van der Waals surface area contributed by atoms with E-state index >= 15 is 0 Å². The fourth-order valence-corrected chi connectivity index (χ4v) is 1.02. The third-order valence-corrected chi connectivity index (χ3v) is 1.66. The zero-order chi connectivity index (χ0) is 7.33. The van der Waals surface area contributed by atoms with E-state index in [1.807, 2.05) is 7.05 Å². The second kappa shape index (κ2) is 3.70. The standard InChI is InChI=1S/C7H15NSi/c1-8-6-5-7-9(2,3)4/h8H,6H2,1-4H3. The van der Waals surface area contributed by atoms with Crippen LogP contribution < -0.4 is 5.32 Å². The minimum absolute atomic E-state index is 0.824. The molecule has 0 bridgehead atoms. The first kappa shape index (κ1) is 8.74. The summed E-state index contributed by atoms with van der Waals surface area (Å²) < 4.78 is 0. The number of hydrogen-bond acceptors (Lipinski definition) is 1. The zero-order valence-electron chi connectivity index (χ0n) is 6.71. The summed E-state index contributed by atoms with van der Waals surface area (Å²) in [5, 5.41) is 2.99. The first-order valence-electron chi connectivity index (χ1n) is 3.21.